The van der Waals surface area contributed by atoms with E-state index in [1.54, 1.807) is 0 Å². The van der Waals surface area contributed by atoms with Crippen LogP contribution in [0.4, 0.5) is 0 Å². The predicted octanol–water partition coefficient (Wildman–Crippen LogP) is -0.305. The first-order valence-electron chi connectivity index (χ1n) is 7.04. The summed E-state index contributed by atoms with van der Waals surface area (Å²) in [7, 11) is 0. The average molecular weight is 331 g/mol. The number of aliphatic carboxylic acids is 1. The minimum Gasteiger partial charge on any atom is -0.550 e. The number of nitrogens with zero attached hydrogens (tertiary/aromatic N) is 1. The van der Waals surface area contributed by atoms with Gasteiger partial charge in [-0.25, -0.2) is 4.98 Å². The molecular formula is C18H14KNO3. The molecule has 0 unspecified atom stereocenters. The zero-order valence-electron chi connectivity index (χ0n) is 12.9. The Kier molecular flexibility index (Phi) is 6.74. The van der Waals surface area contributed by atoms with Gasteiger partial charge >= 0.3 is 51.4 Å². The van der Waals surface area contributed by atoms with E-state index in [-0.39, 0.29) is 64.2 Å². The summed E-state index contributed by atoms with van der Waals surface area (Å²) in [5, 5.41) is 10.6. The van der Waals surface area contributed by atoms with Crippen LogP contribution in [0.1, 0.15) is 12.3 Å². The molecule has 0 aliphatic heterocycles. The van der Waals surface area contributed by atoms with E-state index in [0.717, 1.165) is 16.8 Å². The quantitative estimate of drug-likeness (QED) is 0.602. The minimum absolute atomic E-state index is 0. The van der Waals surface area contributed by atoms with Gasteiger partial charge in [-0.05, 0) is 6.42 Å². The van der Waals surface area contributed by atoms with Crippen LogP contribution in [0.2, 0.25) is 0 Å². The smallest absolute Gasteiger partial charge is 0.550 e. The average Bonchev–Trinajstić information content (AvgIpc) is 2.99. The van der Waals surface area contributed by atoms with Crippen LogP contribution in [-0.2, 0) is 11.2 Å². The third-order valence-electron chi connectivity index (χ3n) is 3.30. The molecule has 0 aliphatic carbocycles. The van der Waals surface area contributed by atoms with Gasteiger partial charge < -0.3 is 14.3 Å². The molecule has 1 heterocycles. The summed E-state index contributed by atoms with van der Waals surface area (Å²) in [5.41, 5.74) is 2.57. The molecule has 23 heavy (non-hydrogen) atoms. The van der Waals surface area contributed by atoms with E-state index in [1.165, 1.54) is 0 Å². The summed E-state index contributed by atoms with van der Waals surface area (Å²) in [6.45, 7) is 0. The van der Waals surface area contributed by atoms with Gasteiger partial charge in [0.1, 0.15) is 5.69 Å². The van der Waals surface area contributed by atoms with Gasteiger partial charge in [0.2, 0.25) is 0 Å². The zero-order valence-corrected chi connectivity index (χ0v) is 16.0. The van der Waals surface area contributed by atoms with E-state index in [1.807, 2.05) is 60.7 Å². The van der Waals surface area contributed by atoms with Crippen molar-refractivity contribution in [2.24, 2.45) is 0 Å². The van der Waals surface area contributed by atoms with Crippen molar-refractivity contribution in [1.29, 1.82) is 0 Å². The van der Waals surface area contributed by atoms with Crippen LogP contribution in [0.25, 0.3) is 22.6 Å². The Labute approximate surface area is 177 Å². The van der Waals surface area contributed by atoms with Crippen molar-refractivity contribution in [2.45, 2.75) is 12.8 Å². The molecule has 0 saturated carbocycles. The number of aromatic nitrogens is 1. The maximum absolute atomic E-state index is 10.6. The van der Waals surface area contributed by atoms with Gasteiger partial charge in [0.25, 0.3) is 0 Å². The summed E-state index contributed by atoms with van der Waals surface area (Å²) >= 11 is 0. The van der Waals surface area contributed by atoms with Crippen LogP contribution >= 0.6 is 0 Å². The summed E-state index contributed by atoms with van der Waals surface area (Å²) in [5.74, 6) is -0.0530. The molecule has 3 rings (SSSR count). The van der Waals surface area contributed by atoms with Crippen molar-refractivity contribution in [3.63, 3.8) is 0 Å². The molecule has 0 amide bonds. The Morgan fingerprint density at radius 3 is 2.09 bits per heavy atom. The normalized spacial score (nSPS) is 10.1. The Bertz CT molecular complexity index is 712. The molecule has 0 bridgehead atoms. The molecule has 0 radical (unpaired) electrons. The molecule has 2 aromatic carbocycles. The van der Waals surface area contributed by atoms with E-state index in [9.17, 15) is 9.90 Å². The minimum atomic E-state index is -1.11. The molecule has 5 heteroatoms. The molecular weight excluding hydrogens is 317 g/mol. The Morgan fingerprint density at radius 2 is 1.52 bits per heavy atom. The van der Waals surface area contributed by atoms with Crippen LogP contribution < -0.4 is 56.5 Å². The summed E-state index contributed by atoms with van der Waals surface area (Å²) in [4.78, 5) is 15.1. The molecule has 0 aliphatic rings. The van der Waals surface area contributed by atoms with Crippen LogP contribution in [0.15, 0.2) is 65.1 Å². The maximum atomic E-state index is 10.6. The third-order valence-corrected chi connectivity index (χ3v) is 3.30. The Morgan fingerprint density at radius 1 is 0.957 bits per heavy atom. The number of hydrogen-bond acceptors (Lipinski definition) is 4. The number of rotatable bonds is 5. The van der Waals surface area contributed by atoms with Crippen molar-refractivity contribution in [2.75, 3.05) is 0 Å². The second-order valence-electron chi connectivity index (χ2n) is 4.89. The van der Waals surface area contributed by atoms with Crippen LogP contribution in [-0.4, -0.2) is 11.0 Å². The van der Waals surface area contributed by atoms with Gasteiger partial charge in [-0.2, -0.15) is 0 Å². The zero-order chi connectivity index (χ0) is 15.4. The number of carboxylic acids is 1. The van der Waals surface area contributed by atoms with Crippen molar-refractivity contribution >= 4 is 5.97 Å². The molecule has 3 aromatic rings. The van der Waals surface area contributed by atoms with Gasteiger partial charge in [-0.1, -0.05) is 60.7 Å². The maximum Gasteiger partial charge on any atom is 1.00 e. The number of carbonyl (C=O) groups is 1. The van der Waals surface area contributed by atoms with Crippen molar-refractivity contribution in [3.05, 3.63) is 66.6 Å². The monoisotopic (exact) mass is 331 g/mol. The van der Waals surface area contributed by atoms with E-state index >= 15 is 0 Å². The van der Waals surface area contributed by atoms with Gasteiger partial charge in [0, 0.05) is 23.5 Å². The Balaban J connectivity index is 0.00000192. The molecule has 0 spiro atoms. The van der Waals surface area contributed by atoms with Crippen molar-refractivity contribution < 1.29 is 65.7 Å². The second-order valence-corrected chi connectivity index (χ2v) is 4.89. The summed E-state index contributed by atoms with van der Waals surface area (Å²) in [6, 6.07) is 19.4. The molecule has 4 nitrogen and oxygen atoms in total. The largest absolute Gasteiger partial charge is 1.00 e. The standard InChI is InChI=1S/C18H15NO3.K/c20-16(21)12-11-15-19-17(13-7-3-1-4-8-13)18(22-15)14-9-5-2-6-10-14;/h1-10H,11-12H2,(H,20,21);/q;+1/p-1. The fourth-order valence-corrected chi connectivity index (χ4v) is 2.26. The number of oxazole rings is 1. The van der Waals surface area contributed by atoms with Crippen LogP contribution in [0.5, 0.6) is 0 Å². The van der Waals surface area contributed by atoms with Crippen LogP contribution in [0, 0.1) is 0 Å². The molecule has 1 aromatic heterocycles. The molecule has 0 fully saturated rings. The predicted molar refractivity (Wildman–Crippen MR) is 80.7 cm³/mol. The first kappa shape index (κ1) is 18.1. The molecule has 0 saturated heterocycles. The second kappa shape index (κ2) is 8.56. The number of carbonyl (C=O) groups excluding carboxylic acids is 1. The number of aryl methyl sites for hydroxylation is 1. The van der Waals surface area contributed by atoms with E-state index < -0.39 is 5.97 Å². The summed E-state index contributed by atoms with van der Waals surface area (Å²) in [6.07, 6.45) is 0.109. The fourth-order valence-electron chi connectivity index (χ4n) is 2.26. The SMILES string of the molecule is O=C([O-])CCc1nc(-c2ccccc2)c(-c2ccccc2)o1.[K+]. The van der Waals surface area contributed by atoms with Gasteiger partial charge in [0.05, 0.1) is 0 Å². The van der Waals surface area contributed by atoms with Crippen molar-refractivity contribution in [3.8, 4) is 22.6 Å². The number of benzene rings is 2. The fraction of sp³-hybridized carbons (Fsp3) is 0.111. The van der Waals surface area contributed by atoms with E-state index in [4.69, 9.17) is 4.42 Å². The molecule has 0 N–H and O–H groups in total. The molecule has 0 atom stereocenters. The number of hydrogen-bond donors (Lipinski definition) is 0. The van der Waals surface area contributed by atoms with E-state index in [2.05, 4.69) is 4.98 Å². The molecule has 110 valence electrons. The summed E-state index contributed by atoms with van der Waals surface area (Å²) < 4.78 is 5.80. The van der Waals surface area contributed by atoms with Crippen molar-refractivity contribution in [1.82, 2.24) is 4.98 Å². The number of carboxylic acid groups (broad SMARTS) is 1. The van der Waals surface area contributed by atoms with Gasteiger partial charge in [-0.15, -0.1) is 0 Å². The van der Waals surface area contributed by atoms with Crippen LogP contribution in [0.3, 0.4) is 0 Å². The van der Waals surface area contributed by atoms with Gasteiger partial charge in [0.15, 0.2) is 11.7 Å². The Hall–Kier alpha value is -1.24. The third kappa shape index (κ3) is 4.62. The topological polar surface area (TPSA) is 66.2 Å². The van der Waals surface area contributed by atoms with Gasteiger partial charge in [-0.3, -0.25) is 0 Å². The first-order chi connectivity index (χ1) is 10.7. The van der Waals surface area contributed by atoms with E-state index in [0.29, 0.717) is 11.7 Å². The first-order valence-corrected chi connectivity index (χ1v) is 7.04.